The second-order valence-electron chi connectivity index (χ2n) is 6.37. The van der Waals surface area contributed by atoms with Crippen LogP contribution in [0.25, 0.3) is 6.08 Å². The van der Waals surface area contributed by atoms with Gasteiger partial charge in [-0.05, 0) is 53.6 Å². The predicted molar refractivity (Wildman–Crippen MR) is 118 cm³/mol. The smallest absolute Gasteiger partial charge is 0.288 e. The first-order chi connectivity index (χ1) is 15.0. The Morgan fingerprint density at radius 2 is 1.81 bits per heavy atom. The van der Waals surface area contributed by atoms with E-state index in [0.29, 0.717) is 40.3 Å². The standard InChI is InChI=1S/C24H18F2N2O2S/c25-24(26)31-22-11-9-20(10-12-22)28-23(29)19(15-27)13-18-7-4-8-21(14-18)30-16-17-5-2-1-3-6-17/h1-14,24H,16H2,(H,28,29)/b19-13-. The molecule has 0 radical (unpaired) electrons. The molecular weight excluding hydrogens is 418 g/mol. The Morgan fingerprint density at radius 3 is 2.48 bits per heavy atom. The van der Waals surface area contributed by atoms with E-state index < -0.39 is 11.7 Å². The van der Waals surface area contributed by atoms with Gasteiger partial charge in [0.15, 0.2) is 0 Å². The number of hydrogen-bond acceptors (Lipinski definition) is 4. The van der Waals surface area contributed by atoms with E-state index in [9.17, 15) is 18.8 Å². The van der Waals surface area contributed by atoms with Gasteiger partial charge in [-0.2, -0.15) is 14.0 Å². The van der Waals surface area contributed by atoms with Gasteiger partial charge in [-0.25, -0.2) is 0 Å². The molecule has 0 aromatic heterocycles. The second kappa shape index (κ2) is 11.0. The molecule has 0 bridgehead atoms. The van der Waals surface area contributed by atoms with Crippen molar-refractivity contribution in [3.8, 4) is 11.8 Å². The minimum Gasteiger partial charge on any atom is -0.489 e. The predicted octanol–water partition coefficient (Wildman–Crippen LogP) is 6.13. The summed E-state index contributed by atoms with van der Waals surface area (Å²) in [7, 11) is 0. The number of ether oxygens (including phenoxy) is 1. The van der Waals surface area contributed by atoms with Gasteiger partial charge in [0, 0.05) is 10.6 Å². The fraction of sp³-hybridized carbons (Fsp3) is 0.0833. The van der Waals surface area contributed by atoms with Gasteiger partial charge >= 0.3 is 0 Å². The first-order valence-electron chi connectivity index (χ1n) is 9.28. The van der Waals surface area contributed by atoms with Crippen molar-refractivity contribution >= 4 is 29.4 Å². The van der Waals surface area contributed by atoms with Crippen molar-refractivity contribution < 1.29 is 18.3 Å². The van der Waals surface area contributed by atoms with Crippen LogP contribution >= 0.6 is 11.8 Å². The third kappa shape index (κ3) is 6.98. The van der Waals surface area contributed by atoms with Gasteiger partial charge in [-0.15, -0.1) is 0 Å². The van der Waals surface area contributed by atoms with E-state index in [1.54, 1.807) is 24.3 Å². The number of rotatable bonds is 8. The van der Waals surface area contributed by atoms with E-state index in [0.717, 1.165) is 5.56 Å². The third-order valence-electron chi connectivity index (χ3n) is 4.12. The molecule has 0 aliphatic rings. The van der Waals surface area contributed by atoms with Crippen LogP contribution < -0.4 is 10.1 Å². The van der Waals surface area contributed by atoms with Gasteiger partial charge in [0.1, 0.15) is 24.0 Å². The lowest BCUT2D eigenvalue weighted by atomic mass is 10.1. The van der Waals surface area contributed by atoms with Crippen molar-refractivity contribution in [3.05, 3.63) is 95.6 Å². The van der Waals surface area contributed by atoms with Crippen molar-refractivity contribution in [2.45, 2.75) is 17.3 Å². The number of hydrogen-bond donors (Lipinski definition) is 1. The van der Waals surface area contributed by atoms with Crippen LogP contribution in [0.15, 0.2) is 89.3 Å². The number of nitrogens with one attached hydrogen (secondary N) is 1. The van der Waals surface area contributed by atoms with Gasteiger partial charge in [-0.3, -0.25) is 4.79 Å². The van der Waals surface area contributed by atoms with Crippen molar-refractivity contribution in [3.63, 3.8) is 0 Å². The summed E-state index contributed by atoms with van der Waals surface area (Å²) in [6, 6.07) is 24.7. The average Bonchev–Trinajstić information content (AvgIpc) is 2.78. The van der Waals surface area contributed by atoms with Crippen LogP contribution in [0.3, 0.4) is 0 Å². The number of halogens is 2. The number of carbonyl (C=O) groups is 1. The minimum atomic E-state index is -2.51. The van der Waals surface area contributed by atoms with Gasteiger partial charge in [-0.1, -0.05) is 54.2 Å². The lowest BCUT2D eigenvalue weighted by Crippen LogP contribution is -2.13. The van der Waals surface area contributed by atoms with Crippen LogP contribution in [0.5, 0.6) is 5.75 Å². The number of alkyl halides is 2. The Balaban J connectivity index is 1.66. The second-order valence-corrected chi connectivity index (χ2v) is 7.44. The molecule has 31 heavy (non-hydrogen) atoms. The molecule has 7 heteroatoms. The van der Waals surface area contributed by atoms with Crippen LogP contribution in [0.1, 0.15) is 11.1 Å². The summed E-state index contributed by atoms with van der Waals surface area (Å²) in [6.07, 6.45) is 1.46. The molecule has 0 spiro atoms. The fourth-order valence-corrected chi connectivity index (χ4v) is 3.17. The molecule has 3 aromatic rings. The molecule has 0 unspecified atom stereocenters. The van der Waals surface area contributed by atoms with Crippen molar-refractivity contribution in [2.75, 3.05) is 5.32 Å². The zero-order valence-corrected chi connectivity index (χ0v) is 17.1. The number of benzene rings is 3. The number of nitrogens with zero attached hydrogens (tertiary/aromatic N) is 1. The largest absolute Gasteiger partial charge is 0.489 e. The summed E-state index contributed by atoms with van der Waals surface area (Å²) in [5, 5.41) is 12.0. The van der Waals surface area contributed by atoms with Crippen molar-refractivity contribution in [2.24, 2.45) is 0 Å². The maximum atomic E-state index is 12.4. The first kappa shape index (κ1) is 22.1. The van der Waals surface area contributed by atoms with Crippen LogP contribution in [0.4, 0.5) is 14.5 Å². The van der Waals surface area contributed by atoms with Crippen molar-refractivity contribution in [1.82, 2.24) is 0 Å². The Morgan fingerprint density at radius 1 is 1.06 bits per heavy atom. The summed E-state index contributed by atoms with van der Waals surface area (Å²) in [5.41, 5.74) is 1.98. The number of carbonyl (C=O) groups excluding carboxylic acids is 1. The molecule has 0 heterocycles. The van der Waals surface area contributed by atoms with Gasteiger partial charge < -0.3 is 10.1 Å². The lowest BCUT2D eigenvalue weighted by Gasteiger charge is -2.08. The molecular formula is C24H18F2N2O2S. The monoisotopic (exact) mass is 436 g/mol. The fourth-order valence-electron chi connectivity index (χ4n) is 2.67. The SMILES string of the molecule is N#C/C(=C/c1cccc(OCc2ccccc2)c1)C(=O)Nc1ccc(SC(F)F)cc1. The van der Waals surface area contributed by atoms with Gasteiger partial charge in [0.25, 0.3) is 11.7 Å². The Labute approximate surface area is 183 Å². The topological polar surface area (TPSA) is 62.1 Å². The van der Waals surface area contributed by atoms with E-state index in [1.165, 1.54) is 30.3 Å². The third-order valence-corrected chi connectivity index (χ3v) is 4.84. The highest BCUT2D eigenvalue weighted by Crippen LogP contribution is 2.26. The first-order valence-corrected chi connectivity index (χ1v) is 10.2. The molecule has 0 aliphatic carbocycles. The summed E-state index contributed by atoms with van der Waals surface area (Å²) >= 11 is 0.421. The highest BCUT2D eigenvalue weighted by molar-refractivity contribution is 7.99. The summed E-state index contributed by atoms with van der Waals surface area (Å²) in [6.45, 7) is 0.402. The summed E-state index contributed by atoms with van der Waals surface area (Å²) in [4.78, 5) is 12.8. The van der Waals surface area contributed by atoms with E-state index >= 15 is 0 Å². The molecule has 3 rings (SSSR count). The Kier molecular flexibility index (Phi) is 7.79. The molecule has 1 N–H and O–H groups in total. The quantitative estimate of drug-likeness (QED) is 0.262. The van der Waals surface area contributed by atoms with E-state index in [2.05, 4.69) is 5.32 Å². The lowest BCUT2D eigenvalue weighted by molar-refractivity contribution is -0.112. The van der Waals surface area contributed by atoms with E-state index in [1.807, 2.05) is 36.4 Å². The highest BCUT2D eigenvalue weighted by atomic mass is 32.2. The summed E-state index contributed by atoms with van der Waals surface area (Å²) < 4.78 is 30.6. The maximum Gasteiger partial charge on any atom is 0.288 e. The number of thioether (sulfide) groups is 1. The summed E-state index contributed by atoms with van der Waals surface area (Å²) in [5.74, 6) is -2.49. The maximum absolute atomic E-state index is 12.4. The van der Waals surface area contributed by atoms with E-state index in [4.69, 9.17) is 4.74 Å². The molecule has 0 fully saturated rings. The molecule has 156 valence electrons. The Bertz CT molecular complexity index is 1090. The molecule has 4 nitrogen and oxygen atoms in total. The van der Waals surface area contributed by atoms with Crippen LogP contribution in [0.2, 0.25) is 0 Å². The zero-order chi connectivity index (χ0) is 22.1. The molecule has 3 aromatic carbocycles. The van der Waals surface area contributed by atoms with E-state index in [-0.39, 0.29) is 5.57 Å². The average molecular weight is 436 g/mol. The molecule has 0 aliphatic heterocycles. The highest BCUT2D eigenvalue weighted by Gasteiger charge is 2.11. The molecule has 0 saturated heterocycles. The minimum absolute atomic E-state index is 0.0914. The number of nitriles is 1. The Hall–Kier alpha value is -3.63. The number of anilines is 1. The van der Waals surface area contributed by atoms with Gasteiger partial charge in [0.2, 0.25) is 0 Å². The van der Waals surface area contributed by atoms with Crippen LogP contribution in [-0.4, -0.2) is 11.7 Å². The van der Waals surface area contributed by atoms with Gasteiger partial charge in [0.05, 0.1) is 0 Å². The number of amides is 1. The molecule has 0 saturated carbocycles. The normalized spacial score (nSPS) is 11.1. The molecule has 1 amide bonds. The zero-order valence-electron chi connectivity index (χ0n) is 16.3. The van der Waals surface area contributed by atoms with Crippen LogP contribution in [-0.2, 0) is 11.4 Å². The molecule has 0 atom stereocenters. The van der Waals surface area contributed by atoms with Crippen LogP contribution in [0, 0.1) is 11.3 Å². The van der Waals surface area contributed by atoms with Crippen molar-refractivity contribution in [1.29, 1.82) is 5.26 Å².